The number of rotatable bonds is 2. The number of aromatic nitrogens is 2. The lowest BCUT2D eigenvalue weighted by Gasteiger charge is -2.07. The number of nitrogens with one attached hydrogen (secondary N) is 1. The molecule has 0 aliphatic carbocycles. The minimum absolute atomic E-state index is 0.292. The Morgan fingerprint density at radius 1 is 1.25 bits per heavy atom. The zero-order valence-corrected chi connectivity index (χ0v) is 8.59. The van der Waals surface area contributed by atoms with E-state index in [2.05, 4.69) is 15.4 Å². The zero-order valence-electron chi connectivity index (χ0n) is 8.59. The van der Waals surface area contributed by atoms with Gasteiger partial charge in [0, 0.05) is 17.9 Å². The number of halogens is 2. The van der Waals surface area contributed by atoms with Crippen LogP contribution in [0.5, 0.6) is 0 Å². The van der Waals surface area contributed by atoms with E-state index < -0.39 is 11.6 Å². The molecule has 3 N–H and O–H groups in total. The van der Waals surface area contributed by atoms with Gasteiger partial charge in [-0.05, 0) is 6.07 Å². The maximum Gasteiger partial charge on any atom is 0.161 e. The number of hydrazine groups is 1. The lowest BCUT2D eigenvalue weighted by atomic mass is 10.2. The number of nitrogens with two attached hydrogens (primary N) is 1. The van der Waals surface area contributed by atoms with Gasteiger partial charge in [-0.3, -0.25) is 0 Å². The molecule has 0 atom stereocenters. The average molecular weight is 224 g/mol. The average Bonchev–Trinajstić information content (AvgIpc) is 2.29. The second kappa shape index (κ2) is 3.97. The number of hydrogen-bond donors (Lipinski definition) is 2. The molecule has 1 heterocycles. The highest BCUT2D eigenvalue weighted by molar-refractivity contribution is 5.88. The minimum atomic E-state index is -0.947. The van der Waals surface area contributed by atoms with Gasteiger partial charge in [0.25, 0.3) is 0 Å². The highest BCUT2D eigenvalue weighted by atomic mass is 19.2. The molecule has 4 nitrogen and oxygen atoms in total. The standard InChI is InChI=1S/C10H10F2N4/c1-2-9-14-8-4-7(12)6(11)3-5(8)10(15-9)16-13/h3-4H,2,13H2,1H3,(H,14,15,16). The molecule has 1 aromatic carbocycles. The highest BCUT2D eigenvalue weighted by Crippen LogP contribution is 2.22. The fourth-order valence-corrected chi connectivity index (χ4v) is 1.44. The fourth-order valence-electron chi connectivity index (χ4n) is 1.44. The molecule has 0 saturated heterocycles. The third-order valence-electron chi connectivity index (χ3n) is 2.24. The minimum Gasteiger partial charge on any atom is -0.308 e. The molecule has 0 aliphatic heterocycles. The predicted octanol–water partition coefficient (Wildman–Crippen LogP) is 1.76. The Morgan fingerprint density at radius 3 is 2.56 bits per heavy atom. The third-order valence-corrected chi connectivity index (χ3v) is 2.24. The Morgan fingerprint density at radius 2 is 1.94 bits per heavy atom. The summed E-state index contributed by atoms with van der Waals surface area (Å²) >= 11 is 0. The maximum atomic E-state index is 13.0. The molecule has 0 fully saturated rings. The summed E-state index contributed by atoms with van der Waals surface area (Å²) in [6.45, 7) is 1.86. The van der Waals surface area contributed by atoms with Crippen LogP contribution in [0.15, 0.2) is 12.1 Å². The number of hydrogen-bond acceptors (Lipinski definition) is 4. The Balaban J connectivity index is 2.79. The van der Waals surface area contributed by atoms with Gasteiger partial charge in [0.2, 0.25) is 0 Å². The van der Waals surface area contributed by atoms with Crippen molar-refractivity contribution >= 4 is 16.7 Å². The SMILES string of the molecule is CCc1nc(NN)c2cc(F)c(F)cc2n1. The summed E-state index contributed by atoms with van der Waals surface area (Å²) in [5.41, 5.74) is 2.68. The van der Waals surface area contributed by atoms with Crippen LogP contribution in [0, 0.1) is 11.6 Å². The lowest BCUT2D eigenvalue weighted by molar-refractivity contribution is 0.510. The molecular weight excluding hydrogens is 214 g/mol. The van der Waals surface area contributed by atoms with E-state index in [1.165, 1.54) is 0 Å². The maximum absolute atomic E-state index is 13.0. The number of aryl methyl sites for hydroxylation is 1. The third kappa shape index (κ3) is 1.67. The molecule has 6 heteroatoms. The summed E-state index contributed by atoms with van der Waals surface area (Å²) in [4.78, 5) is 8.16. The molecule has 0 amide bonds. The first-order valence-corrected chi connectivity index (χ1v) is 4.78. The van der Waals surface area contributed by atoms with E-state index >= 15 is 0 Å². The zero-order chi connectivity index (χ0) is 11.7. The first-order valence-electron chi connectivity index (χ1n) is 4.78. The van der Waals surface area contributed by atoms with E-state index in [1.807, 2.05) is 6.92 Å². The smallest absolute Gasteiger partial charge is 0.161 e. The van der Waals surface area contributed by atoms with Crippen LogP contribution in [0.25, 0.3) is 10.9 Å². The summed E-state index contributed by atoms with van der Waals surface area (Å²) in [7, 11) is 0. The fraction of sp³-hybridized carbons (Fsp3) is 0.200. The summed E-state index contributed by atoms with van der Waals surface area (Å²) in [6.07, 6.45) is 0.587. The highest BCUT2D eigenvalue weighted by Gasteiger charge is 2.10. The molecule has 84 valence electrons. The van der Waals surface area contributed by atoms with Crippen molar-refractivity contribution in [3.63, 3.8) is 0 Å². The van der Waals surface area contributed by atoms with Gasteiger partial charge in [-0.25, -0.2) is 24.6 Å². The van der Waals surface area contributed by atoms with Crippen LogP contribution < -0.4 is 11.3 Å². The molecule has 2 aromatic rings. The topological polar surface area (TPSA) is 63.8 Å². The van der Waals surface area contributed by atoms with E-state index in [9.17, 15) is 8.78 Å². The van der Waals surface area contributed by atoms with Crippen molar-refractivity contribution in [1.82, 2.24) is 9.97 Å². The molecule has 0 radical (unpaired) electrons. The largest absolute Gasteiger partial charge is 0.308 e. The number of fused-ring (bicyclic) bond motifs is 1. The lowest BCUT2D eigenvalue weighted by Crippen LogP contribution is -2.11. The van der Waals surface area contributed by atoms with E-state index in [1.54, 1.807) is 0 Å². The van der Waals surface area contributed by atoms with Gasteiger partial charge in [-0.15, -0.1) is 0 Å². The van der Waals surface area contributed by atoms with Gasteiger partial charge in [-0.1, -0.05) is 6.92 Å². The van der Waals surface area contributed by atoms with Gasteiger partial charge in [0.05, 0.1) is 5.52 Å². The molecule has 0 spiro atoms. The molecule has 2 rings (SSSR count). The Bertz CT molecular complexity index is 542. The predicted molar refractivity (Wildman–Crippen MR) is 56.6 cm³/mol. The summed E-state index contributed by atoms with van der Waals surface area (Å²) < 4.78 is 26.1. The Kier molecular flexibility index (Phi) is 2.66. The van der Waals surface area contributed by atoms with Crippen molar-refractivity contribution in [1.29, 1.82) is 0 Å². The Labute approximate surface area is 90.5 Å². The monoisotopic (exact) mass is 224 g/mol. The summed E-state index contributed by atoms with van der Waals surface area (Å²) in [5.74, 6) is 4.20. The summed E-state index contributed by atoms with van der Waals surface area (Å²) in [5, 5.41) is 0.360. The second-order valence-electron chi connectivity index (χ2n) is 3.27. The van der Waals surface area contributed by atoms with Crippen molar-refractivity contribution in [2.24, 2.45) is 5.84 Å². The van der Waals surface area contributed by atoms with Gasteiger partial charge < -0.3 is 5.43 Å². The van der Waals surface area contributed by atoms with Gasteiger partial charge in [0.15, 0.2) is 17.5 Å². The first-order chi connectivity index (χ1) is 7.65. The molecule has 0 aliphatic rings. The van der Waals surface area contributed by atoms with Crippen LogP contribution >= 0.6 is 0 Å². The van der Waals surface area contributed by atoms with Crippen LogP contribution in [-0.2, 0) is 6.42 Å². The quantitative estimate of drug-likeness (QED) is 0.602. The number of benzene rings is 1. The van der Waals surface area contributed by atoms with Crippen LogP contribution in [0.3, 0.4) is 0 Å². The molecule has 0 saturated carbocycles. The molecule has 16 heavy (non-hydrogen) atoms. The van der Waals surface area contributed by atoms with E-state index in [0.717, 1.165) is 12.1 Å². The molecular formula is C10H10F2N4. The van der Waals surface area contributed by atoms with Crippen molar-refractivity contribution in [3.8, 4) is 0 Å². The number of nitrogen functional groups attached to an aromatic ring is 1. The normalized spacial score (nSPS) is 10.8. The van der Waals surface area contributed by atoms with E-state index in [-0.39, 0.29) is 0 Å². The van der Waals surface area contributed by atoms with Crippen LogP contribution in [0.2, 0.25) is 0 Å². The first kappa shape index (κ1) is 10.7. The number of anilines is 1. The molecule has 0 bridgehead atoms. The van der Waals surface area contributed by atoms with Gasteiger partial charge in [-0.2, -0.15) is 0 Å². The molecule has 1 aromatic heterocycles. The van der Waals surface area contributed by atoms with E-state index in [4.69, 9.17) is 5.84 Å². The summed E-state index contributed by atoms with van der Waals surface area (Å²) in [6, 6.07) is 2.06. The van der Waals surface area contributed by atoms with E-state index in [0.29, 0.717) is 29.0 Å². The number of nitrogens with zero attached hydrogens (tertiary/aromatic N) is 2. The van der Waals surface area contributed by atoms with Gasteiger partial charge in [0.1, 0.15) is 5.82 Å². The van der Waals surface area contributed by atoms with Gasteiger partial charge >= 0.3 is 0 Å². The van der Waals surface area contributed by atoms with Crippen LogP contribution in [0.4, 0.5) is 14.6 Å². The second-order valence-corrected chi connectivity index (χ2v) is 3.27. The molecule has 0 unspecified atom stereocenters. The van der Waals surface area contributed by atoms with Crippen molar-refractivity contribution < 1.29 is 8.78 Å². The van der Waals surface area contributed by atoms with Crippen molar-refractivity contribution in [3.05, 3.63) is 29.6 Å². The van der Waals surface area contributed by atoms with Crippen LogP contribution in [0.1, 0.15) is 12.7 Å². The Hall–Kier alpha value is -1.82. The van der Waals surface area contributed by atoms with Crippen molar-refractivity contribution in [2.75, 3.05) is 5.43 Å². The van der Waals surface area contributed by atoms with Crippen LogP contribution in [-0.4, -0.2) is 9.97 Å². The van der Waals surface area contributed by atoms with Crippen molar-refractivity contribution in [2.45, 2.75) is 13.3 Å².